The summed E-state index contributed by atoms with van der Waals surface area (Å²) in [6, 6.07) is 13.2. The van der Waals surface area contributed by atoms with E-state index in [9.17, 15) is 37.6 Å². The van der Waals surface area contributed by atoms with Crippen LogP contribution >= 0.6 is 12.2 Å². The molecule has 0 bridgehead atoms. The predicted molar refractivity (Wildman–Crippen MR) is 214 cm³/mol. The molecule has 0 radical (unpaired) electrons. The minimum Gasteiger partial charge on any atom is -0.331 e. The fourth-order valence-corrected chi connectivity index (χ4v) is 10.0. The van der Waals surface area contributed by atoms with E-state index in [4.69, 9.17) is 12.2 Å². The summed E-state index contributed by atoms with van der Waals surface area (Å²) in [5.74, 6) is -0.357. The number of anilines is 1. The third-order valence-corrected chi connectivity index (χ3v) is 12.8. The second kappa shape index (κ2) is 17.3. The van der Waals surface area contributed by atoms with Gasteiger partial charge in [0.1, 0.15) is 5.54 Å². The van der Waals surface area contributed by atoms with E-state index in [2.05, 4.69) is 29.0 Å². The van der Waals surface area contributed by atoms with Gasteiger partial charge >= 0.3 is 6.18 Å². The predicted octanol–water partition coefficient (Wildman–Crippen LogP) is 6.43. The molecule has 1 N–H and O–H groups in total. The van der Waals surface area contributed by atoms with Crippen LogP contribution in [0.5, 0.6) is 0 Å². The third kappa shape index (κ3) is 9.58. The number of imide groups is 1. The molecule has 0 spiro atoms. The number of ketones is 1. The minimum atomic E-state index is -4.75. The molecule has 3 aliphatic heterocycles. The third-order valence-electron chi connectivity index (χ3n) is 12.4. The van der Waals surface area contributed by atoms with Crippen molar-refractivity contribution in [2.75, 3.05) is 31.1 Å². The zero-order valence-corrected chi connectivity index (χ0v) is 34.1. The molecule has 6 rings (SSSR count). The number of hydrogen-bond donors (Lipinski definition) is 1. The molecule has 0 aromatic heterocycles. The Hall–Kier alpha value is -4.19. The molecule has 10 nitrogen and oxygen atoms in total. The quantitative estimate of drug-likeness (QED) is 0.192. The lowest BCUT2D eigenvalue weighted by atomic mass is 9.82. The van der Waals surface area contributed by atoms with Gasteiger partial charge in [0.15, 0.2) is 10.9 Å². The topological polar surface area (TPSA) is 117 Å². The van der Waals surface area contributed by atoms with Gasteiger partial charge in [0.2, 0.25) is 11.8 Å². The standard InChI is InChI=1S/C43H53F3N6O4S/c1-27-24-49(25-28(2)50(27)26-36(53)21-31-8-5-7-30(19-31)20-32-13-17-38(54)48-39(32)55)18-6-9-29-10-14-34(15-11-29)52-41(57)51(40(56)42(52,3)4)35-16-12-33(23-47)37(22-35)43(44,45)46/h5,7-8,12,16,19,22,27-29,32,34H,6,9-11,13-15,17-18,20-21,24-26H2,1-4H3,(H,48,54,55)/t27-,28+,29?,32-,34?/m0/s1. The van der Waals surface area contributed by atoms with Crippen LogP contribution in [0, 0.1) is 23.2 Å². The molecule has 14 heteroatoms. The maximum Gasteiger partial charge on any atom is 0.417 e. The summed E-state index contributed by atoms with van der Waals surface area (Å²) < 4.78 is 41.2. The maximum absolute atomic E-state index is 13.7. The summed E-state index contributed by atoms with van der Waals surface area (Å²) in [5.41, 5.74) is -0.663. The monoisotopic (exact) mass is 806 g/mol. The van der Waals surface area contributed by atoms with Gasteiger partial charge in [0.05, 0.1) is 29.4 Å². The smallest absolute Gasteiger partial charge is 0.331 e. The normalized spacial score (nSPS) is 26.1. The summed E-state index contributed by atoms with van der Waals surface area (Å²) in [6.45, 7) is 11.1. The molecule has 306 valence electrons. The number of Topliss-reactive ketones (excluding diaryl/α,β-unsaturated/α-hetero) is 1. The highest BCUT2D eigenvalue weighted by molar-refractivity contribution is 7.80. The average molecular weight is 807 g/mol. The molecule has 3 atom stereocenters. The molecule has 4 aliphatic rings. The van der Waals surface area contributed by atoms with Gasteiger partial charge < -0.3 is 9.80 Å². The van der Waals surface area contributed by atoms with Crippen LogP contribution in [0.25, 0.3) is 0 Å². The number of alkyl halides is 3. The first kappa shape index (κ1) is 42.4. The van der Waals surface area contributed by atoms with E-state index in [0.717, 1.165) is 81.4 Å². The lowest BCUT2D eigenvalue weighted by Gasteiger charge is -2.44. The molecule has 1 aliphatic carbocycles. The van der Waals surface area contributed by atoms with Gasteiger partial charge in [-0.15, -0.1) is 0 Å². The number of carbonyl (C=O) groups is 4. The van der Waals surface area contributed by atoms with Crippen LogP contribution in [0.1, 0.15) is 101 Å². The number of piperidine rings is 1. The van der Waals surface area contributed by atoms with Gasteiger partial charge in [-0.3, -0.25) is 34.3 Å². The van der Waals surface area contributed by atoms with Crippen LogP contribution in [0.15, 0.2) is 42.5 Å². The summed E-state index contributed by atoms with van der Waals surface area (Å²) in [4.78, 5) is 58.6. The Kier molecular flexibility index (Phi) is 12.9. The number of nitrogens with one attached hydrogen (secondary N) is 1. The SMILES string of the molecule is C[C@@H]1CN(CCCC2CCC(N3C(=S)N(c4ccc(C#N)c(C(F)(F)F)c4)C(=O)C3(C)C)CC2)C[C@H](C)N1CC(=O)Cc1cccc(C[C@@H]2CCC(=O)NC2=O)c1. The van der Waals surface area contributed by atoms with Gasteiger partial charge in [-0.05, 0) is 133 Å². The van der Waals surface area contributed by atoms with Crippen molar-refractivity contribution in [3.63, 3.8) is 0 Å². The van der Waals surface area contributed by atoms with Crippen molar-refractivity contribution in [2.45, 2.75) is 122 Å². The van der Waals surface area contributed by atoms with Crippen molar-refractivity contribution in [3.8, 4) is 6.07 Å². The Morgan fingerprint density at radius 2 is 1.67 bits per heavy atom. The van der Waals surface area contributed by atoms with E-state index >= 15 is 0 Å². The molecular weight excluding hydrogens is 754 g/mol. The van der Waals surface area contributed by atoms with E-state index in [-0.39, 0.29) is 58.3 Å². The molecule has 2 aromatic carbocycles. The first-order valence-corrected chi connectivity index (χ1v) is 20.6. The Bertz CT molecular complexity index is 1910. The Morgan fingerprint density at radius 1 is 0.982 bits per heavy atom. The van der Waals surface area contributed by atoms with Crippen molar-refractivity contribution in [1.29, 1.82) is 5.26 Å². The van der Waals surface area contributed by atoms with Crippen molar-refractivity contribution >= 4 is 46.5 Å². The van der Waals surface area contributed by atoms with Gasteiger partial charge in [-0.1, -0.05) is 24.3 Å². The van der Waals surface area contributed by atoms with Crippen molar-refractivity contribution in [2.24, 2.45) is 11.8 Å². The van der Waals surface area contributed by atoms with Gasteiger partial charge in [-0.2, -0.15) is 18.4 Å². The number of thiocarbonyl (C=S) groups is 1. The van der Waals surface area contributed by atoms with Crippen molar-refractivity contribution < 1.29 is 32.3 Å². The van der Waals surface area contributed by atoms with Crippen LogP contribution in [-0.4, -0.2) is 93.2 Å². The minimum absolute atomic E-state index is 0.00238. The average Bonchev–Trinajstić information content (AvgIpc) is 3.32. The molecule has 3 heterocycles. The number of nitrogens with zero attached hydrogens (tertiary/aromatic N) is 5. The van der Waals surface area contributed by atoms with Gasteiger partial charge in [-0.25, -0.2) is 0 Å². The largest absolute Gasteiger partial charge is 0.417 e. The second-order valence-corrected chi connectivity index (χ2v) is 17.4. The van der Waals surface area contributed by atoms with Crippen LogP contribution in [0.4, 0.5) is 18.9 Å². The molecule has 3 saturated heterocycles. The Morgan fingerprint density at radius 3 is 2.32 bits per heavy atom. The second-order valence-electron chi connectivity index (χ2n) is 17.0. The van der Waals surface area contributed by atoms with Crippen molar-refractivity contribution in [1.82, 2.24) is 20.0 Å². The summed E-state index contributed by atoms with van der Waals surface area (Å²) >= 11 is 5.77. The van der Waals surface area contributed by atoms with Gasteiger partial charge in [0, 0.05) is 50.0 Å². The summed E-state index contributed by atoms with van der Waals surface area (Å²) in [5, 5.41) is 11.9. The van der Waals surface area contributed by atoms with Crippen molar-refractivity contribution in [3.05, 3.63) is 64.7 Å². The summed E-state index contributed by atoms with van der Waals surface area (Å²) in [7, 11) is 0. The maximum atomic E-state index is 13.7. The number of hydrogen-bond acceptors (Lipinski definition) is 8. The van der Waals surface area contributed by atoms with Crippen LogP contribution in [0.2, 0.25) is 0 Å². The number of benzene rings is 2. The highest BCUT2D eigenvalue weighted by Gasteiger charge is 2.52. The van der Waals surface area contributed by atoms with Crippen LogP contribution < -0.4 is 10.2 Å². The summed E-state index contributed by atoms with van der Waals surface area (Å²) in [6.07, 6.45) is 2.80. The molecule has 3 amide bonds. The molecule has 1 saturated carbocycles. The molecule has 2 aromatic rings. The highest BCUT2D eigenvalue weighted by atomic mass is 32.1. The zero-order chi connectivity index (χ0) is 41.2. The fourth-order valence-electron chi connectivity index (χ4n) is 9.48. The van der Waals surface area contributed by atoms with Crippen LogP contribution in [0.3, 0.4) is 0 Å². The molecule has 57 heavy (non-hydrogen) atoms. The Balaban J connectivity index is 0.943. The van der Waals surface area contributed by atoms with E-state index < -0.39 is 22.8 Å². The lowest BCUT2D eigenvalue weighted by molar-refractivity contribution is -0.138. The number of nitriles is 1. The van der Waals surface area contributed by atoms with E-state index in [1.54, 1.807) is 19.9 Å². The first-order valence-electron chi connectivity index (χ1n) is 20.2. The fraction of sp³-hybridized carbons (Fsp3) is 0.581. The lowest BCUT2D eigenvalue weighted by Crippen LogP contribution is -2.58. The first-order chi connectivity index (χ1) is 27.0. The van der Waals surface area contributed by atoms with E-state index in [1.807, 2.05) is 29.2 Å². The Labute approximate surface area is 338 Å². The van der Waals surface area contributed by atoms with Gasteiger partial charge in [0.25, 0.3) is 5.91 Å². The number of amides is 3. The van der Waals surface area contributed by atoms with Crippen LogP contribution in [-0.2, 0) is 38.2 Å². The molecule has 0 unspecified atom stereocenters. The zero-order valence-electron chi connectivity index (χ0n) is 33.2. The number of rotatable bonds is 12. The number of piperazine rings is 1. The highest BCUT2D eigenvalue weighted by Crippen LogP contribution is 2.41. The number of carbonyl (C=O) groups excluding carboxylic acids is 4. The molecule has 4 fully saturated rings. The van der Waals surface area contributed by atoms with E-state index in [0.29, 0.717) is 38.1 Å². The molecular formula is C43H53F3N6O4S. The number of halogens is 3. The van der Waals surface area contributed by atoms with E-state index in [1.165, 1.54) is 11.0 Å².